The minimum atomic E-state index is 0. The van der Waals surface area contributed by atoms with E-state index in [0.29, 0.717) is 49.3 Å². The normalized spacial score (nSPS) is 10.5. The van der Waals surface area contributed by atoms with Crippen LogP contribution in [0, 0.1) is 0 Å². The van der Waals surface area contributed by atoms with Crippen molar-refractivity contribution in [2.75, 3.05) is 41.0 Å². The van der Waals surface area contributed by atoms with Gasteiger partial charge in [0, 0.05) is 26.1 Å². The molecule has 0 spiro atoms. The molecule has 0 aromatic heterocycles. The summed E-state index contributed by atoms with van der Waals surface area (Å²) in [7, 11) is 4.74. The largest absolute Gasteiger partial charge is 0.493 e. The number of guanidine groups is 1. The number of methoxy groups -OCH3 is 3. The lowest BCUT2D eigenvalue weighted by atomic mass is 10.2. The molecular weight excluding hydrogens is 475 g/mol. The Bertz CT molecular complexity index is 601. The standard InChI is InChI=1S/C19H32N4O4.HI/c1-6-9-21-17(24)8-10-22-19(20-7-2)23-13-14-11-15(25-3)18(27-5)16(12-14)26-4;/h11-12H,6-10,13H2,1-5H3,(H,21,24)(H2,20,22,23);1H. The second-order valence-corrected chi connectivity index (χ2v) is 5.76. The number of halogens is 1. The molecule has 9 heteroatoms. The molecule has 0 radical (unpaired) electrons. The summed E-state index contributed by atoms with van der Waals surface area (Å²) in [5, 5.41) is 9.19. The molecule has 0 aliphatic heterocycles. The quantitative estimate of drug-likeness (QED) is 0.242. The number of hydrogen-bond acceptors (Lipinski definition) is 5. The van der Waals surface area contributed by atoms with Crippen molar-refractivity contribution < 1.29 is 19.0 Å². The van der Waals surface area contributed by atoms with E-state index < -0.39 is 0 Å². The van der Waals surface area contributed by atoms with Crippen molar-refractivity contribution in [1.82, 2.24) is 16.0 Å². The number of carbonyl (C=O) groups is 1. The van der Waals surface area contributed by atoms with E-state index in [1.807, 2.05) is 26.0 Å². The molecule has 0 fully saturated rings. The third-order valence-corrected chi connectivity index (χ3v) is 3.71. The zero-order chi connectivity index (χ0) is 20.1. The Morgan fingerprint density at radius 3 is 2.11 bits per heavy atom. The van der Waals surface area contributed by atoms with Crippen molar-refractivity contribution in [2.24, 2.45) is 4.99 Å². The zero-order valence-electron chi connectivity index (χ0n) is 17.4. The summed E-state index contributed by atoms with van der Waals surface area (Å²) in [6.07, 6.45) is 1.33. The second kappa shape index (κ2) is 15.1. The van der Waals surface area contributed by atoms with Gasteiger partial charge < -0.3 is 30.2 Å². The number of hydrogen-bond donors (Lipinski definition) is 3. The molecule has 160 valence electrons. The Hall–Kier alpha value is -1.91. The highest BCUT2D eigenvalue weighted by Crippen LogP contribution is 2.38. The van der Waals surface area contributed by atoms with E-state index in [0.717, 1.165) is 18.5 Å². The molecule has 1 aromatic rings. The van der Waals surface area contributed by atoms with Gasteiger partial charge >= 0.3 is 0 Å². The molecule has 1 rings (SSSR count). The minimum absolute atomic E-state index is 0. The number of carbonyl (C=O) groups excluding carboxylic acids is 1. The molecule has 1 amide bonds. The van der Waals surface area contributed by atoms with Gasteiger partial charge in [-0.15, -0.1) is 24.0 Å². The van der Waals surface area contributed by atoms with E-state index in [4.69, 9.17) is 14.2 Å². The van der Waals surface area contributed by atoms with Gasteiger partial charge in [0.25, 0.3) is 0 Å². The Morgan fingerprint density at radius 2 is 1.61 bits per heavy atom. The first-order valence-electron chi connectivity index (χ1n) is 9.17. The zero-order valence-corrected chi connectivity index (χ0v) is 19.7. The van der Waals surface area contributed by atoms with Crippen molar-refractivity contribution in [2.45, 2.75) is 33.2 Å². The maximum Gasteiger partial charge on any atom is 0.221 e. The molecule has 0 saturated carbocycles. The van der Waals surface area contributed by atoms with Crippen LogP contribution in [0.4, 0.5) is 0 Å². The van der Waals surface area contributed by atoms with Crippen molar-refractivity contribution in [3.05, 3.63) is 17.7 Å². The molecule has 0 unspecified atom stereocenters. The maximum absolute atomic E-state index is 11.7. The first-order chi connectivity index (χ1) is 13.1. The SMILES string of the molecule is CCCNC(=O)CCNC(=NCc1cc(OC)c(OC)c(OC)c1)NCC.I. The van der Waals surface area contributed by atoms with Gasteiger partial charge in [-0.2, -0.15) is 0 Å². The van der Waals surface area contributed by atoms with Crippen LogP contribution in [0.3, 0.4) is 0 Å². The number of amides is 1. The van der Waals surface area contributed by atoms with E-state index in [1.54, 1.807) is 21.3 Å². The number of benzene rings is 1. The summed E-state index contributed by atoms with van der Waals surface area (Å²) >= 11 is 0. The third kappa shape index (κ3) is 8.85. The van der Waals surface area contributed by atoms with Crippen LogP contribution in [0.15, 0.2) is 17.1 Å². The molecule has 1 aromatic carbocycles. The van der Waals surface area contributed by atoms with E-state index >= 15 is 0 Å². The maximum atomic E-state index is 11.7. The molecule has 0 bridgehead atoms. The van der Waals surface area contributed by atoms with E-state index in [-0.39, 0.29) is 29.9 Å². The van der Waals surface area contributed by atoms with Gasteiger partial charge in [-0.05, 0) is 31.0 Å². The van der Waals surface area contributed by atoms with E-state index in [2.05, 4.69) is 20.9 Å². The van der Waals surface area contributed by atoms with Crippen molar-refractivity contribution in [3.8, 4) is 17.2 Å². The molecule has 0 heterocycles. The third-order valence-electron chi connectivity index (χ3n) is 3.71. The predicted octanol–water partition coefficient (Wildman–Crippen LogP) is 2.30. The lowest BCUT2D eigenvalue weighted by Gasteiger charge is -2.14. The number of aliphatic imine (C=N–C) groups is 1. The van der Waals surface area contributed by atoms with Crippen LogP contribution in [0.5, 0.6) is 17.2 Å². The lowest BCUT2D eigenvalue weighted by molar-refractivity contribution is -0.120. The van der Waals surface area contributed by atoms with Gasteiger partial charge in [0.2, 0.25) is 11.7 Å². The van der Waals surface area contributed by atoms with Crippen LogP contribution >= 0.6 is 24.0 Å². The van der Waals surface area contributed by atoms with Crippen molar-refractivity contribution in [1.29, 1.82) is 0 Å². The van der Waals surface area contributed by atoms with Crippen LogP contribution in [0.2, 0.25) is 0 Å². The highest BCUT2D eigenvalue weighted by Gasteiger charge is 2.13. The monoisotopic (exact) mass is 508 g/mol. The van der Waals surface area contributed by atoms with E-state index in [9.17, 15) is 4.79 Å². The van der Waals surface area contributed by atoms with Gasteiger partial charge in [0.05, 0.1) is 27.9 Å². The van der Waals surface area contributed by atoms with Crippen molar-refractivity contribution >= 4 is 35.8 Å². The molecule has 8 nitrogen and oxygen atoms in total. The number of ether oxygens (including phenoxy) is 3. The van der Waals surface area contributed by atoms with Gasteiger partial charge in [-0.3, -0.25) is 4.79 Å². The Balaban J connectivity index is 0.00000729. The highest BCUT2D eigenvalue weighted by molar-refractivity contribution is 14.0. The summed E-state index contributed by atoms with van der Waals surface area (Å²) in [6.45, 7) is 6.38. The Morgan fingerprint density at radius 1 is 0.964 bits per heavy atom. The summed E-state index contributed by atoms with van der Waals surface area (Å²) in [4.78, 5) is 16.2. The van der Waals surface area contributed by atoms with Crippen LogP contribution < -0.4 is 30.2 Å². The molecular formula is C19H33IN4O4. The second-order valence-electron chi connectivity index (χ2n) is 5.76. The number of nitrogens with zero attached hydrogens (tertiary/aromatic N) is 1. The first-order valence-corrected chi connectivity index (χ1v) is 9.17. The molecule has 28 heavy (non-hydrogen) atoms. The summed E-state index contributed by atoms with van der Waals surface area (Å²) in [6, 6.07) is 3.74. The molecule has 0 aliphatic carbocycles. The van der Waals surface area contributed by atoms with Crippen LogP contribution in [0.1, 0.15) is 32.3 Å². The van der Waals surface area contributed by atoms with Gasteiger partial charge in [0.15, 0.2) is 17.5 Å². The molecule has 0 aliphatic rings. The average molecular weight is 508 g/mol. The van der Waals surface area contributed by atoms with Gasteiger partial charge in [-0.25, -0.2) is 4.99 Å². The fourth-order valence-electron chi connectivity index (χ4n) is 2.39. The Kier molecular flexibility index (Phi) is 14.0. The smallest absolute Gasteiger partial charge is 0.221 e. The van der Waals surface area contributed by atoms with E-state index in [1.165, 1.54) is 0 Å². The van der Waals surface area contributed by atoms with Gasteiger partial charge in [-0.1, -0.05) is 6.92 Å². The number of nitrogens with one attached hydrogen (secondary N) is 3. The number of rotatable bonds is 11. The summed E-state index contributed by atoms with van der Waals surface area (Å²) in [5.41, 5.74) is 0.919. The molecule has 3 N–H and O–H groups in total. The Labute approximate surface area is 184 Å². The van der Waals surface area contributed by atoms with Crippen LogP contribution in [0.25, 0.3) is 0 Å². The first kappa shape index (κ1) is 26.1. The lowest BCUT2D eigenvalue weighted by Crippen LogP contribution is -2.39. The predicted molar refractivity (Wildman–Crippen MR) is 122 cm³/mol. The summed E-state index contributed by atoms with van der Waals surface area (Å²) < 4.78 is 16.1. The van der Waals surface area contributed by atoms with Crippen molar-refractivity contribution in [3.63, 3.8) is 0 Å². The average Bonchev–Trinajstić information content (AvgIpc) is 2.69. The topological polar surface area (TPSA) is 93.2 Å². The highest BCUT2D eigenvalue weighted by atomic mass is 127. The minimum Gasteiger partial charge on any atom is -0.493 e. The fourth-order valence-corrected chi connectivity index (χ4v) is 2.39. The molecule has 0 saturated heterocycles. The molecule has 0 atom stereocenters. The van der Waals surface area contributed by atoms with Crippen LogP contribution in [-0.2, 0) is 11.3 Å². The van der Waals surface area contributed by atoms with Gasteiger partial charge in [0.1, 0.15) is 0 Å². The van der Waals surface area contributed by atoms with Crippen LogP contribution in [-0.4, -0.2) is 52.8 Å². The fraction of sp³-hybridized carbons (Fsp3) is 0.579. The summed E-state index contributed by atoms with van der Waals surface area (Å²) in [5.74, 6) is 2.41.